The van der Waals surface area contributed by atoms with Crippen LogP contribution in [0.1, 0.15) is 80.8 Å². The lowest BCUT2D eigenvalue weighted by Gasteiger charge is -2.29. The first kappa shape index (κ1) is 14.8. The maximum absolute atomic E-state index is 5.77. The molecule has 0 aromatic carbocycles. The average molecular weight is 317 g/mol. The fraction of sp³-hybridized carbons (Fsp3) is 0.750. The van der Waals surface area contributed by atoms with Crippen LogP contribution in [-0.2, 0) is 6.54 Å². The zero-order valence-corrected chi connectivity index (χ0v) is 13.7. The van der Waals surface area contributed by atoms with E-state index in [1.54, 1.807) is 0 Å². The monoisotopic (exact) mass is 317 g/mol. The Morgan fingerprint density at radius 2 is 2.04 bits per heavy atom. The van der Waals surface area contributed by atoms with Crippen LogP contribution in [-0.4, -0.2) is 38.3 Å². The van der Waals surface area contributed by atoms with Gasteiger partial charge in [0.25, 0.3) is 0 Å². The normalized spacial score (nSPS) is 22.8. The first-order valence-corrected chi connectivity index (χ1v) is 8.57. The van der Waals surface area contributed by atoms with E-state index >= 15 is 0 Å². The second-order valence-electron chi connectivity index (χ2n) is 7.03. The van der Waals surface area contributed by atoms with Gasteiger partial charge in [0.15, 0.2) is 5.82 Å². The molecular formula is C16H23N5O2. The lowest BCUT2D eigenvalue weighted by atomic mass is 9.97. The molecule has 0 N–H and O–H groups in total. The molecule has 1 unspecified atom stereocenters. The van der Waals surface area contributed by atoms with Crippen molar-refractivity contribution in [3.63, 3.8) is 0 Å². The van der Waals surface area contributed by atoms with Crippen molar-refractivity contribution in [2.75, 3.05) is 13.1 Å². The van der Waals surface area contributed by atoms with Crippen LogP contribution < -0.4 is 0 Å². The minimum Gasteiger partial charge on any atom is -0.424 e. The molecule has 2 fully saturated rings. The van der Waals surface area contributed by atoms with E-state index in [1.165, 1.54) is 12.8 Å². The molecule has 1 saturated heterocycles. The Morgan fingerprint density at radius 3 is 2.78 bits per heavy atom. The smallest absolute Gasteiger partial charge is 0.230 e. The highest BCUT2D eigenvalue weighted by Crippen LogP contribution is 2.39. The van der Waals surface area contributed by atoms with E-state index in [4.69, 9.17) is 8.94 Å². The molecule has 7 heteroatoms. The SMILES string of the molecule is CC(C)c1nc(C2CCCN(Cc3nnc(C4CC4)o3)C2)no1. The van der Waals surface area contributed by atoms with Gasteiger partial charge in [0, 0.05) is 24.3 Å². The number of aromatic nitrogens is 4. The van der Waals surface area contributed by atoms with Crippen molar-refractivity contribution < 1.29 is 8.94 Å². The second-order valence-corrected chi connectivity index (χ2v) is 7.03. The third-order valence-electron chi connectivity index (χ3n) is 4.59. The van der Waals surface area contributed by atoms with Crippen LogP contribution in [0.4, 0.5) is 0 Å². The largest absolute Gasteiger partial charge is 0.424 e. The number of piperidine rings is 1. The molecule has 2 aromatic heterocycles. The van der Waals surface area contributed by atoms with Crippen molar-refractivity contribution in [3.8, 4) is 0 Å². The Labute approximate surface area is 135 Å². The number of likely N-dealkylation sites (tertiary alicyclic amines) is 1. The van der Waals surface area contributed by atoms with E-state index in [0.29, 0.717) is 18.4 Å². The molecule has 0 bridgehead atoms. The summed E-state index contributed by atoms with van der Waals surface area (Å²) in [4.78, 5) is 6.91. The number of nitrogens with zero attached hydrogens (tertiary/aromatic N) is 5. The molecule has 1 aliphatic carbocycles. The van der Waals surface area contributed by atoms with E-state index in [-0.39, 0.29) is 5.92 Å². The predicted octanol–water partition coefficient (Wildman–Crippen LogP) is 2.83. The predicted molar refractivity (Wildman–Crippen MR) is 81.9 cm³/mol. The molecule has 1 aliphatic heterocycles. The van der Waals surface area contributed by atoms with E-state index < -0.39 is 0 Å². The van der Waals surface area contributed by atoms with Gasteiger partial charge < -0.3 is 8.94 Å². The number of rotatable bonds is 5. The summed E-state index contributed by atoms with van der Waals surface area (Å²) in [5.74, 6) is 4.21. The Hall–Kier alpha value is -1.76. The summed E-state index contributed by atoms with van der Waals surface area (Å²) in [5.41, 5.74) is 0. The zero-order valence-electron chi connectivity index (χ0n) is 13.7. The Balaban J connectivity index is 1.39. The van der Waals surface area contributed by atoms with Gasteiger partial charge in [0.2, 0.25) is 17.7 Å². The van der Waals surface area contributed by atoms with Crippen molar-refractivity contribution in [2.45, 2.75) is 63.8 Å². The van der Waals surface area contributed by atoms with Crippen LogP contribution in [0, 0.1) is 0 Å². The third kappa shape index (κ3) is 3.29. The fourth-order valence-corrected chi connectivity index (χ4v) is 3.07. The van der Waals surface area contributed by atoms with E-state index in [1.807, 2.05) is 0 Å². The van der Waals surface area contributed by atoms with Gasteiger partial charge in [-0.25, -0.2) is 0 Å². The lowest BCUT2D eigenvalue weighted by Crippen LogP contribution is -2.34. The van der Waals surface area contributed by atoms with Crippen molar-refractivity contribution in [2.24, 2.45) is 0 Å². The minimum atomic E-state index is 0.273. The molecular weight excluding hydrogens is 294 g/mol. The Morgan fingerprint density at radius 1 is 1.17 bits per heavy atom. The molecule has 1 atom stereocenters. The van der Waals surface area contributed by atoms with E-state index in [9.17, 15) is 0 Å². The summed E-state index contributed by atoms with van der Waals surface area (Å²) in [6, 6.07) is 0. The summed E-state index contributed by atoms with van der Waals surface area (Å²) in [7, 11) is 0. The van der Waals surface area contributed by atoms with Crippen LogP contribution in [0.2, 0.25) is 0 Å². The van der Waals surface area contributed by atoms with E-state index in [0.717, 1.165) is 49.4 Å². The molecule has 23 heavy (non-hydrogen) atoms. The van der Waals surface area contributed by atoms with Gasteiger partial charge in [-0.3, -0.25) is 4.90 Å². The molecule has 7 nitrogen and oxygen atoms in total. The summed E-state index contributed by atoms with van der Waals surface area (Å²) >= 11 is 0. The highest BCUT2D eigenvalue weighted by molar-refractivity contribution is 5.02. The van der Waals surface area contributed by atoms with Gasteiger partial charge in [-0.15, -0.1) is 10.2 Å². The number of hydrogen-bond donors (Lipinski definition) is 0. The summed E-state index contributed by atoms with van der Waals surface area (Å²) in [6.45, 7) is 6.81. The summed E-state index contributed by atoms with van der Waals surface area (Å²) in [5, 5.41) is 12.5. The molecule has 0 amide bonds. The minimum absolute atomic E-state index is 0.273. The van der Waals surface area contributed by atoms with Crippen LogP contribution in [0.15, 0.2) is 8.94 Å². The first-order valence-electron chi connectivity index (χ1n) is 8.57. The van der Waals surface area contributed by atoms with Crippen LogP contribution in [0.3, 0.4) is 0 Å². The maximum atomic E-state index is 5.77. The third-order valence-corrected chi connectivity index (χ3v) is 4.59. The molecule has 4 rings (SSSR count). The molecule has 0 radical (unpaired) electrons. The van der Waals surface area contributed by atoms with Crippen LogP contribution in [0.5, 0.6) is 0 Å². The van der Waals surface area contributed by atoms with Gasteiger partial charge in [0.05, 0.1) is 6.54 Å². The Bertz CT molecular complexity index is 661. The van der Waals surface area contributed by atoms with Gasteiger partial charge in [-0.1, -0.05) is 19.0 Å². The molecule has 1 saturated carbocycles. The lowest BCUT2D eigenvalue weighted by molar-refractivity contribution is 0.178. The number of hydrogen-bond acceptors (Lipinski definition) is 7. The molecule has 124 valence electrons. The maximum Gasteiger partial charge on any atom is 0.230 e. The topological polar surface area (TPSA) is 81.1 Å². The van der Waals surface area contributed by atoms with Crippen LogP contribution in [0.25, 0.3) is 0 Å². The Kier molecular flexibility index (Phi) is 3.88. The highest BCUT2D eigenvalue weighted by atomic mass is 16.5. The first-order chi connectivity index (χ1) is 11.2. The zero-order chi connectivity index (χ0) is 15.8. The summed E-state index contributed by atoms with van der Waals surface area (Å²) < 4.78 is 11.1. The summed E-state index contributed by atoms with van der Waals surface area (Å²) in [6.07, 6.45) is 4.59. The average Bonchev–Trinajstić information content (AvgIpc) is 3.09. The molecule has 3 heterocycles. The van der Waals surface area contributed by atoms with Gasteiger partial charge in [0.1, 0.15) is 0 Å². The van der Waals surface area contributed by atoms with Crippen molar-refractivity contribution in [1.29, 1.82) is 0 Å². The van der Waals surface area contributed by atoms with E-state index in [2.05, 4.69) is 39.1 Å². The molecule has 2 aliphatic rings. The standard InChI is InChI=1S/C16H23N5O2/c1-10(2)15-17-14(20-23-15)12-4-3-7-21(8-12)9-13-18-19-16(22-13)11-5-6-11/h10-12H,3-9H2,1-2H3. The van der Waals surface area contributed by atoms with Gasteiger partial charge >= 0.3 is 0 Å². The van der Waals surface area contributed by atoms with Crippen molar-refractivity contribution in [3.05, 3.63) is 23.5 Å². The van der Waals surface area contributed by atoms with Crippen molar-refractivity contribution in [1.82, 2.24) is 25.2 Å². The van der Waals surface area contributed by atoms with Gasteiger partial charge in [-0.05, 0) is 32.2 Å². The fourth-order valence-electron chi connectivity index (χ4n) is 3.07. The highest BCUT2D eigenvalue weighted by Gasteiger charge is 2.30. The quantitative estimate of drug-likeness (QED) is 0.838. The molecule has 0 spiro atoms. The van der Waals surface area contributed by atoms with Crippen molar-refractivity contribution >= 4 is 0 Å². The second kappa shape index (κ2) is 6.03. The van der Waals surface area contributed by atoms with Gasteiger partial charge in [-0.2, -0.15) is 4.98 Å². The van der Waals surface area contributed by atoms with Crippen LogP contribution >= 0.6 is 0 Å². The molecule has 2 aromatic rings.